The molecule has 2 heterocycles. The zero-order chi connectivity index (χ0) is 10.7. The number of hydroxylamine groups is 1. The summed E-state index contributed by atoms with van der Waals surface area (Å²) in [6, 6.07) is 1.74. The van der Waals surface area contributed by atoms with E-state index in [4.69, 9.17) is 4.84 Å². The number of halogens is 1. The number of anilines is 1. The van der Waals surface area contributed by atoms with Crippen molar-refractivity contribution < 1.29 is 4.84 Å². The molecule has 16 heavy (non-hydrogen) atoms. The van der Waals surface area contributed by atoms with Crippen molar-refractivity contribution in [2.75, 3.05) is 19.2 Å². The Hall–Kier alpha value is -1.73. The molecule has 0 bridgehead atoms. The fourth-order valence-electron chi connectivity index (χ4n) is 0.986. The van der Waals surface area contributed by atoms with Crippen LogP contribution in [0.2, 0.25) is 0 Å². The first kappa shape index (κ1) is 12.3. The average molecular weight is 243 g/mol. The van der Waals surface area contributed by atoms with Crippen molar-refractivity contribution in [3.8, 4) is 5.95 Å². The molecule has 0 aliphatic rings. The van der Waals surface area contributed by atoms with Gasteiger partial charge in [0.2, 0.25) is 0 Å². The summed E-state index contributed by atoms with van der Waals surface area (Å²) < 4.78 is 1.48. The van der Waals surface area contributed by atoms with Crippen LogP contribution in [0.5, 0.6) is 0 Å². The fraction of sp³-hybridized carbons (Fsp3) is 0.250. The van der Waals surface area contributed by atoms with E-state index in [9.17, 15) is 0 Å². The summed E-state index contributed by atoms with van der Waals surface area (Å²) in [4.78, 5) is 17.1. The SMILES string of the molecule is CON(C)c1ncn(-c2ncccn2)n1.Cl. The molecule has 0 aliphatic heterocycles. The third kappa shape index (κ3) is 2.44. The highest BCUT2D eigenvalue weighted by atomic mass is 35.5. The monoisotopic (exact) mass is 242 g/mol. The minimum absolute atomic E-state index is 0. The molecule has 0 fully saturated rings. The van der Waals surface area contributed by atoms with Crippen LogP contribution in [0.15, 0.2) is 24.8 Å². The van der Waals surface area contributed by atoms with E-state index in [-0.39, 0.29) is 12.4 Å². The normalized spacial score (nSPS) is 9.62. The van der Waals surface area contributed by atoms with Gasteiger partial charge in [-0.3, -0.25) is 4.84 Å². The maximum Gasteiger partial charge on any atom is 0.268 e. The summed E-state index contributed by atoms with van der Waals surface area (Å²) in [5, 5.41) is 5.58. The van der Waals surface area contributed by atoms with Crippen molar-refractivity contribution in [2.45, 2.75) is 0 Å². The van der Waals surface area contributed by atoms with E-state index >= 15 is 0 Å². The predicted molar refractivity (Wildman–Crippen MR) is 59.6 cm³/mol. The van der Waals surface area contributed by atoms with E-state index in [0.717, 1.165) is 0 Å². The molecule has 2 rings (SSSR count). The smallest absolute Gasteiger partial charge is 0.268 e. The third-order valence-electron chi connectivity index (χ3n) is 1.79. The maximum absolute atomic E-state index is 4.94. The molecule has 0 radical (unpaired) electrons. The Morgan fingerprint density at radius 1 is 1.25 bits per heavy atom. The van der Waals surface area contributed by atoms with E-state index in [1.807, 2.05) is 0 Å². The highest BCUT2D eigenvalue weighted by Crippen LogP contribution is 2.05. The Labute approximate surface area is 98.5 Å². The van der Waals surface area contributed by atoms with Crippen molar-refractivity contribution >= 4 is 18.4 Å². The first-order valence-corrected chi connectivity index (χ1v) is 4.28. The van der Waals surface area contributed by atoms with E-state index in [0.29, 0.717) is 11.9 Å². The Morgan fingerprint density at radius 2 is 1.94 bits per heavy atom. The highest BCUT2D eigenvalue weighted by molar-refractivity contribution is 5.85. The molecule has 8 heteroatoms. The lowest BCUT2D eigenvalue weighted by atomic mass is 10.7. The van der Waals surface area contributed by atoms with Gasteiger partial charge in [0.05, 0.1) is 7.11 Å². The topological polar surface area (TPSA) is 69.0 Å². The number of aromatic nitrogens is 5. The quantitative estimate of drug-likeness (QED) is 0.729. The molecule has 0 spiro atoms. The Balaban J connectivity index is 0.00000128. The van der Waals surface area contributed by atoms with Gasteiger partial charge in [0.1, 0.15) is 6.33 Å². The molecule has 7 nitrogen and oxygen atoms in total. The van der Waals surface area contributed by atoms with Gasteiger partial charge in [-0.15, -0.1) is 17.5 Å². The van der Waals surface area contributed by atoms with Crippen LogP contribution in [0.3, 0.4) is 0 Å². The summed E-state index contributed by atoms with van der Waals surface area (Å²) >= 11 is 0. The summed E-state index contributed by atoms with van der Waals surface area (Å²) in [5.74, 6) is 0.922. The van der Waals surface area contributed by atoms with Gasteiger partial charge in [-0.2, -0.15) is 9.67 Å². The maximum atomic E-state index is 4.94. The lowest BCUT2D eigenvalue weighted by Crippen LogP contribution is -2.16. The molecule has 0 saturated heterocycles. The Bertz CT molecular complexity index is 433. The predicted octanol–water partition coefficient (Wildman–Crippen LogP) is 0.477. The minimum Gasteiger partial charge on any atom is -0.274 e. The molecule has 0 amide bonds. The minimum atomic E-state index is 0. The molecule has 86 valence electrons. The summed E-state index contributed by atoms with van der Waals surface area (Å²) in [6.45, 7) is 0. The zero-order valence-electron chi connectivity index (χ0n) is 8.81. The first-order chi connectivity index (χ1) is 7.31. The lowest BCUT2D eigenvalue weighted by molar-refractivity contribution is 0.180. The molecule has 0 aromatic carbocycles. The van der Waals surface area contributed by atoms with Crippen LogP contribution in [0.1, 0.15) is 0 Å². The average Bonchev–Trinajstić information content (AvgIpc) is 2.78. The first-order valence-electron chi connectivity index (χ1n) is 4.28. The molecule has 0 unspecified atom stereocenters. The molecule has 0 aliphatic carbocycles. The highest BCUT2D eigenvalue weighted by Gasteiger charge is 2.07. The second-order valence-corrected chi connectivity index (χ2v) is 2.72. The van der Waals surface area contributed by atoms with Gasteiger partial charge in [-0.25, -0.2) is 15.0 Å². The largest absolute Gasteiger partial charge is 0.274 e. The van der Waals surface area contributed by atoms with Crippen LogP contribution in [-0.4, -0.2) is 38.9 Å². The molecule has 0 saturated carbocycles. The van der Waals surface area contributed by atoms with Crippen LogP contribution in [0, 0.1) is 0 Å². The van der Waals surface area contributed by atoms with Gasteiger partial charge in [0.25, 0.3) is 11.9 Å². The van der Waals surface area contributed by atoms with E-state index in [1.165, 1.54) is 16.1 Å². The van der Waals surface area contributed by atoms with E-state index in [1.54, 1.807) is 32.6 Å². The summed E-state index contributed by atoms with van der Waals surface area (Å²) in [5.41, 5.74) is 0. The van der Waals surface area contributed by atoms with Crippen molar-refractivity contribution in [2.24, 2.45) is 0 Å². The van der Waals surface area contributed by atoms with Gasteiger partial charge in [-0.1, -0.05) is 0 Å². The summed E-state index contributed by atoms with van der Waals surface area (Å²) in [6.07, 6.45) is 4.81. The molecular weight excluding hydrogens is 232 g/mol. The van der Waals surface area contributed by atoms with Crippen molar-refractivity contribution in [3.05, 3.63) is 24.8 Å². The number of hydrogen-bond donors (Lipinski definition) is 0. The number of hydrogen-bond acceptors (Lipinski definition) is 6. The van der Waals surface area contributed by atoms with Gasteiger partial charge in [0, 0.05) is 19.4 Å². The van der Waals surface area contributed by atoms with Gasteiger partial charge in [0.15, 0.2) is 0 Å². The van der Waals surface area contributed by atoms with Crippen molar-refractivity contribution in [3.63, 3.8) is 0 Å². The van der Waals surface area contributed by atoms with Crippen LogP contribution in [-0.2, 0) is 4.84 Å². The van der Waals surface area contributed by atoms with Gasteiger partial charge in [-0.05, 0) is 6.07 Å². The molecule has 2 aromatic rings. The Morgan fingerprint density at radius 3 is 2.56 bits per heavy atom. The lowest BCUT2D eigenvalue weighted by Gasteiger charge is -2.09. The Kier molecular flexibility index (Phi) is 4.15. The van der Waals surface area contributed by atoms with Crippen molar-refractivity contribution in [1.82, 2.24) is 24.7 Å². The second-order valence-electron chi connectivity index (χ2n) is 2.72. The molecular formula is C8H11ClN6O. The van der Waals surface area contributed by atoms with Crippen LogP contribution in [0.25, 0.3) is 5.95 Å². The van der Waals surface area contributed by atoms with Crippen LogP contribution < -0.4 is 5.06 Å². The molecule has 0 N–H and O–H groups in total. The summed E-state index contributed by atoms with van der Waals surface area (Å²) in [7, 11) is 3.26. The van der Waals surface area contributed by atoms with E-state index < -0.39 is 0 Å². The second kappa shape index (κ2) is 5.38. The zero-order valence-corrected chi connectivity index (χ0v) is 9.63. The molecule has 0 atom stereocenters. The fourth-order valence-corrected chi connectivity index (χ4v) is 0.986. The standard InChI is InChI=1S/C8H10N6O.ClH/c1-13(15-2)8-11-6-14(12-8)7-9-4-3-5-10-7;/h3-6H,1-2H3;1H. The third-order valence-corrected chi connectivity index (χ3v) is 1.79. The van der Waals surface area contributed by atoms with Gasteiger partial charge < -0.3 is 0 Å². The van der Waals surface area contributed by atoms with Crippen LogP contribution >= 0.6 is 12.4 Å². The molecule has 2 aromatic heterocycles. The number of nitrogens with zero attached hydrogens (tertiary/aromatic N) is 6. The van der Waals surface area contributed by atoms with Crippen LogP contribution in [0.4, 0.5) is 5.95 Å². The number of rotatable bonds is 3. The van der Waals surface area contributed by atoms with Crippen molar-refractivity contribution in [1.29, 1.82) is 0 Å². The van der Waals surface area contributed by atoms with E-state index in [2.05, 4.69) is 20.1 Å². The van der Waals surface area contributed by atoms with Gasteiger partial charge >= 0.3 is 0 Å².